The van der Waals surface area contributed by atoms with Gasteiger partial charge in [-0.15, -0.1) is 11.8 Å². The number of hydrogen-bond donors (Lipinski definition) is 0. The van der Waals surface area contributed by atoms with E-state index in [9.17, 15) is 9.59 Å². The van der Waals surface area contributed by atoms with Crippen LogP contribution in [0.2, 0.25) is 5.02 Å². The van der Waals surface area contributed by atoms with E-state index >= 15 is 0 Å². The maximum Gasteiger partial charge on any atom is 0.344 e. The van der Waals surface area contributed by atoms with E-state index in [1.54, 1.807) is 36.2 Å². The molecule has 2 aliphatic heterocycles. The molecule has 1 aliphatic carbocycles. The third-order valence-corrected chi connectivity index (χ3v) is 7.67. The highest BCUT2D eigenvalue weighted by Crippen LogP contribution is 2.48. The topological polar surface area (TPSA) is 66.8 Å². The van der Waals surface area contributed by atoms with Gasteiger partial charge in [0.2, 0.25) is 0 Å². The minimum atomic E-state index is -0.558. The van der Waals surface area contributed by atoms with Gasteiger partial charge >= 0.3 is 5.97 Å². The van der Waals surface area contributed by atoms with E-state index in [-0.39, 0.29) is 23.3 Å². The highest BCUT2D eigenvalue weighted by molar-refractivity contribution is 7.98. The monoisotopic (exact) mass is 489 g/mol. The Bertz CT molecular complexity index is 1130. The third kappa shape index (κ3) is 4.68. The van der Waals surface area contributed by atoms with Gasteiger partial charge in [0.25, 0.3) is 5.56 Å². The molecule has 3 aliphatic rings. The normalized spacial score (nSPS) is 18.1. The fourth-order valence-electron chi connectivity index (χ4n) is 4.43. The van der Waals surface area contributed by atoms with Gasteiger partial charge in [0.1, 0.15) is 11.3 Å². The minimum Gasteiger partial charge on any atom is -0.492 e. The van der Waals surface area contributed by atoms with Crippen molar-refractivity contribution in [1.82, 2.24) is 4.57 Å². The molecule has 0 radical (unpaired) electrons. The lowest BCUT2D eigenvalue weighted by atomic mass is 10.0. The standard InChI is InChI=1S/C25H28ClNO5S/c1-14(2)32-25(29)19-9-16-13-33-22-11-21(31-12-15-5-7-30-8-6-15)20(26)10-18(22)23(16)27(24(19)28)17-3-4-17/h9-11,14-15,17H,3-8,12-13H2,1-2H3. The van der Waals surface area contributed by atoms with Crippen molar-refractivity contribution in [2.75, 3.05) is 19.8 Å². The van der Waals surface area contributed by atoms with E-state index in [0.29, 0.717) is 29.0 Å². The van der Waals surface area contributed by atoms with Gasteiger partial charge in [0.15, 0.2) is 0 Å². The van der Waals surface area contributed by atoms with Crippen molar-refractivity contribution >= 4 is 29.3 Å². The SMILES string of the molecule is CC(C)OC(=O)c1cc2c(n(C3CC3)c1=O)-c1cc(Cl)c(OCC3CCOCC3)cc1SC2. The van der Waals surface area contributed by atoms with Gasteiger partial charge in [-0.05, 0) is 69.2 Å². The van der Waals surface area contributed by atoms with Gasteiger partial charge < -0.3 is 18.8 Å². The zero-order valence-electron chi connectivity index (χ0n) is 18.9. The number of carbonyl (C=O) groups is 1. The number of nitrogens with zero attached hydrogens (tertiary/aromatic N) is 1. The predicted octanol–water partition coefficient (Wildman–Crippen LogP) is 5.48. The molecular weight excluding hydrogens is 462 g/mol. The van der Waals surface area contributed by atoms with E-state index in [0.717, 1.165) is 60.6 Å². The smallest absolute Gasteiger partial charge is 0.344 e. The highest BCUT2D eigenvalue weighted by Gasteiger charge is 2.34. The number of benzene rings is 1. The Balaban J connectivity index is 1.51. The molecule has 5 rings (SSSR count). The molecule has 0 spiro atoms. The van der Waals surface area contributed by atoms with Crippen molar-refractivity contribution in [3.63, 3.8) is 0 Å². The zero-order valence-corrected chi connectivity index (χ0v) is 20.5. The van der Waals surface area contributed by atoms with Crippen LogP contribution in [0.5, 0.6) is 5.75 Å². The molecule has 1 saturated carbocycles. The fraction of sp³-hybridized carbons (Fsp3) is 0.520. The second-order valence-electron chi connectivity index (χ2n) is 9.23. The first kappa shape index (κ1) is 22.8. The van der Waals surface area contributed by atoms with E-state index in [4.69, 9.17) is 25.8 Å². The number of esters is 1. The third-order valence-electron chi connectivity index (χ3n) is 6.28. The van der Waals surface area contributed by atoms with Gasteiger partial charge in [-0.1, -0.05) is 11.6 Å². The minimum absolute atomic E-state index is 0.109. The largest absolute Gasteiger partial charge is 0.492 e. The average Bonchev–Trinajstić information content (AvgIpc) is 3.62. The molecule has 33 heavy (non-hydrogen) atoms. The summed E-state index contributed by atoms with van der Waals surface area (Å²) in [6.07, 6.45) is 3.57. The summed E-state index contributed by atoms with van der Waals surface area (Å²) in [5, 5.41) is 0.535. The van der Waals surface area contributed by atoms with Crippen molar-refractivity contribution < 1.29 is 19.0 Å². The fourth-order valence-corrected chi connectivity index (χ4v) is 5.68. The molecule has 2 aromatic rings. The van der Waals surface area contributed by atoms with E-state index in [1.165, 1.54) is 0 Å². The summed E-state index contributed by atoms with van der Waals surface area (Å²) in [5.74, 6) is 1.26. The lowest BCUT2D eigenvalue weighted by Crippen LogP contribution is -2.30. The maximum absolute atomic E-state index is 13.4. The average molecular weight is 490 g/mol. The number of aromatic nitrogens is 1. The predicted molar refractivity (Wildman–Crippen MR) is 129 cm³/mol. The van der Waals surface area contributed by atoms with Crippen LogP contribution in [0.4, 0.5) is 0 Å². The summed E-state index contributed by atoms with van der Waals surface area (Å²) in [4.78, 5) is 27.0. The van der Waals surface area contributed by atoms with Crippen LogP contribution in [-0.2, 0) is 15.2 Å². The number of rotatable bonds is 6. The second kappa shape index (κ2) is 9.35. The quantitative estimate of drug-likeness (QED) is 0.500. The number of pyridine rings is 1. The zero-order chi connectivity index (χ0) is 23.1. The van der Waals surface area contributed by atoms with Crippen LogP contribution in [0.3, 0.4) is 0 Å². The van der Waals surface area contributed by atoms with Gasteiger partial charge in [0.05, 0.1) is 23.4 Å². The molecule has 0 unspecified atom stereocenters. The Morgan fingerprint density at radius 2 is 1.97 bits per heavy atom. The maximum atomic E-state index is 13.4. The Morgan fingerprint density at radius 1 is 1.21 bits per heavy atom. The number of hydrogen-bond acceptors (Lipinski definition) is 6. The van der Waals surface area contributed by atoms with Crippen molar-refractivity contribution in [3.8, 4) is 17.0 Å². The van der Waals surface area contributed by atoms with Crippen molar-refractivity contribution in [2.45, 2.75) is 62.3 Å². The Kier molecular flexibility index (Phi) is 6.47. The summed E-state index contributed by atoms with van der Waals surface area (Å²) in [5.41, 5.74) is 2.59. The van der Waals surface area contributed by atoms with Crippen LogP contribution >= 0.6 is 23.4 Å². The molecule has 2 fully saturated rings. The first-order valence-corrected chi connectivity index (χ1v) is 13.0. The van der Waals surface area contributed by atoms with Crippen molar-refractivity contribution in [2.24, 2.45) is 5.92 Å². The van der Waals surface area contributed by atoms with Gasteiger partial charge in [-0.3, -0.25) is 4.79 Å². The lowest BCUT2D eigenvalue weighted by Gasteiger charge is -2.26. The number of ether oxygens (including phenoxy) is 3. The molecule has 3 heterocycles. The Labute approximate surface area is 202 Å². The summed E-state index contributed by atoms with van der Waals surface area (Å²) in [7, 11) is 0. The van der Waals surface area contributed by atoms with Crippen LogP contribution in [-0.4, -0.2) is 36.5 Å². The first-order valence-electron chi connectivity index (χ1n) is 11.6. The summed E-state index contributed by atoms with van der Waals surface area (Å²) in [6, 6.07) is 5.72. The van der Waals surface area contributed by atoms with Crippen LogP contribution in [0.1, 0.15) is 61.5 Å². The van der Waals surface area contributed by atoms with E-state index in [1.807, 2.05) is 12.1 Å². The molecule has 0 amide bonds. The van der Waals surface area contributed by atoms with Crippen LogP contribution in [0, 0.1) is 5.92 Å². The second-order valence-corrected chi connectivity index (χ2v) is 10.7. The number of fused-ring (bicyclic) bond motifs is 3. The number of thioether (sulfide) groups is 1. The van der Waals surface area contributed by atoms with E-state index in [2.05, 4.69) is 0 Å². The van der Waals surface area contributed by atoms with Gasteiger partial charge in [0, 0.05) is 35.5 Å². The van der Waals surface area contributed by atoms with Gasteiger partial charge in [-0.2, -0.15) is 0 Å². The molecular formula is C25H28ClNO5S. The summed E-state index contributed by atoms with van der Waals surface area (Å²) in [6.45, 7) is 5.75. The van der Waals surface area contributed by atoms with E-state index < -0.39 is 5.97 Å². The van der Waals surface area contributed by atoms with Crippen molar-refractivity contribution in [1.29, 1.82) is 0 Å². The highest BCUT2D eigenvalue weighted by atomic mass is 35.5. The summed E-state index contributed by atoms with van der Waals surface area (Å²) >= 11 is 8.32. The molecule has 1 aromatic carbocycles. The molecule has 0 bridgehead atoms. The molecule has 0 atom stereocenters. The van der Waals surface area contributed by atoms with Crippen LogP contribution in [0.25, 0.3) is 11.3 Å². The van der Waals surface area contributed by atoms with Gasteiger partial charge in [-0.25, -0.2) is 4.79 Å². The Morgan fingerprint density at radius 3 is 2.67 bits per heavy atom. The molecule has 8 heteroatoms. The molecule has 1 saturated heterocycles. The number of carbonyl (C=O) groups excluding carboxylic acids is 1. The first-order chi connectivity index (χ1) is 15.9. The van der Waals surface area contributed by atoms with Crippen molar-refractivity contribution in [3.05, 3.63) is 44.7 Å². The molecule has 176 valence electrons. The summed E-state index contributed by atoms with van der Waals surface area (Å²) < 4.78 is 18.7. The molecule has 0 N–H and O–H groups in total. The Hall–Kier alpha value is -1.96. The molecule has 6 nitrogen and oxygen atoms in total. The lowest BCUT2D eigenvalue weighted by molar-refractivity contribution is 0.0375. The number of halogens is 1. The van der Waals surface area contributed by atoms with Crippen LogP contribution in [0.15, 0.2) is 27.9 Å². The van der Waals surface area contributed by atoms with Crippen LogP contribution < -0.4 is 10.3 Å². The molecule has 1 aromatic heterocycles.